The SMILES string of the molecule is CC(Cl)C(C)(C)NC(=O)c1csc(Br)c1. The van der Waals surface area contributed by atoms with Gasteiger partial charge in [-0.1, -0.05) is 0 Å². The molecule has 1 aromatic heterocycles. The van der Waals surface area contributed by atoms with E-state index < -0.39 is 5.54 Å². The number of carbonyl (C=O) groups is 1. The molecule has 0 aliphatic rings. The number of alkyl halides is 1. The smallest absolute Gasteiger partial charge is 0.252 e. The summed E-state index contributed by atoms with van der Waals surface area (Å²) >= 11 is 10.8. The summed E-state index contributed by atoms with van der Waals surface area (Å²) in [5.74, 6) is -0.0885. The molecule has 0 saturated carbocycles. The van der Waals surface area contributed by atoms with E-state index in [0.717, 1.165) is 3.79 Å². The zero-order valence-corrected chi connectivity index (χ0v) is 12.0. The maximum Gasteiger partial charge on any atom is 0.252 e. The van der Waals surface area contributed by atoms with Crippen molar-refractivity contribution in [3.8, 4) is 0 Å². The highest BCUT2D eigenvalue weighted by Crippen LogP contribution is 2.22. The molecule has 0 saturated heterocycles. The van der Waals surface area contributed by atoms with Crippen LogP contribution in [0.3, 0.4) is 0 Å². The molecule has 1 aromatic rings. The summed E-state index contributed by atoms with van der Waals surface area (Å²) in [5.41, 5.74) is 0.254. The molecule has 2 nitrogen and oxygen atoms in total. The first-order chi connectivity index (χ1) is 6.83. The van der Waals surface area contributed by atoms with E-state index in [1.54, 1.807) is 6.07 Å². The lowest BCUT2D eigenvalue weighted by molar-refractivity contribution is 0.0913. The maximum absolute atomic E-state index is 11.8. The van der Waals surface area contributed by atoms with Crippen LogP contribution in [0.1, 0.15) is 31.1 Å². The van der Waals surface area contributed by atoms with Crippen molar-refractivity contribution in [2.45, 2.75) is 31.7 Å². The van der Waals surface area contributed by atoms with Crippen molar-refractivity contribution in [3.63, 3.8) is 0 Å². The zero-order chi connectivity index (χ0) is 11.6. The fourth-order valence-electron chi connectivity index (χ4n) is 0.893. The van der Waals surface area contributed by atoms with Gasteiger partial charge in [-0.25, -0.2) is 0 Å². The van der Waals surface area contributed by atoms with Crippen LogP contribution in [0.5, 0.6) is 0 Å². The fourth-order valence-corrected chi connectivity index (χ4v) is 2.08. The summed E-state index contributed by atoms with van der Waals surface area (Å²) in [6.07, 6.45) is 0. The van der Waals surface area contributed by atoms with Crippen molar-refractivity contribution >= 4 is 44.8 Å². The topological polar surface area (TPSA) is 29.1 Å². The van der Waals surface area contributed by atoms with Gasteiger partial charge in [0, 0.05) is 5.38 Å². The summed E-state index contributed by atoms with van der Waals surface area (Å²) in [7, 11) is 0. The van der Waals surface area contributed by atoms with Gasteiger partial charge in [0.1, 0.15) is 0 Å². The lowest BCUT2D eigenvalue weighted by Crippen LogP contribution is -2.48. The van der Waals surface area contributed by atoms with E-state index >= 15 is 0 Å². The van der Waals surface area contributed by atoms with E-state index in [4.69, 9.17) is 11.6 Å². The van der Waals surface area contributed by atoms with E-state index in [1.807, 2.05) is 26.2 Å². The molecule has 0 aromatic carbocycles. The van der Waals surface area contributed by atoms with Crippen LogP contribution in [0.2, 0.25) is 0 Å². The normalized spacial score (nSPS) is 13.7. The van der Waals surface area contributed by atoms with Crippen molar-refractivity contribution in [3.05, 3.63) is 20.8 Å². The quantitative estimate of drug-likeness (QED) is 0.848. The van der Waals surface area contributed by atoms with Crippen LogP contribution in [-0.2, 0) is 0 Å². The van der Waals surface area contributed by atoms with Crippen molar-refractivity contribution in [1.82, 2.24) is 5.32 Å². The number of amides is 1. The summed E-state index contributed by atoms with van der Waals surface area (Å²) in [6.45, 7) is 5.68. The van der Waals surface area contributed by atoms with Crippen LogP contribution in [0.25, 0.3) is 0 Å². The van der Waals surface area contributed by atoms with Gasteiger partial charge in [0.2, 0.25) is 0 Å². The van der Waals surface area contributed by atoms with Gasteiger partial charge in [0.25, 0.3) is 5.91 Å². The summed E-state index contributed by atoms with van der Waals surface area (Å²) < 4.78 is 0.948. The Morgan fingerprint density at radius 3 is 2.67 bits per heavy atom. The average Bonchev–Trinajstić information content (AvgIpc) is 2.50. The Hall–Kier alpha value is -0.0600. The van der Waals surface area contributed by atoms with Crippen LogP contribution in [0.15, 0.2) is 15.2 Å². The number of nitrogens with one attached hydrogen (secondary N) is 1. The molecule has 1 atom stereocenters. The lowest BCUT2D eigenvalue weighted by Gasteiger charge is -2.28. The number of thiophene rings is 1. The number of hydrogen-bond donors (Lipinski definition) is 1. The molecule has 0 radical (unpaired) electrons. The molecule has 0 aliphatic carbocycles. The number of rotatable bonds is 3. The van der Waals surface area contributed by atoms with Gasteiger partial charge in [0.15, 0.2) is 0 Å². The largest absolute Gasteiger partial charge is 0.346 e. The van der Waals surface area contributed by atoms with Gasteiger partial charge in [-0.3, -0.25) is 4.79 Å². The zero-order valence-electron chi connectivity index (χ0n) is 8.80. The minimum atomic E-state index is -0.410. The highest BCUT2D eigenvalue weighted by Gasteiger charge is 2.26. The van der Waals surface area contributed by atoms with E-state index in [1.165, 1.54) is 11.3 Å². The standard InChI is InChI=1S/C10H13BrClNOS/c1-6(12)10(2,3)13-9(14)7-4-8(11)15-5-7/h4-6H,1-3H3,(H,13,14). The average molecular weight is 311 g/mol. The second-order valence-corrected chi connectivity index (χ2v) is 6.88. The van der Waals surface area contributed by atoms with Gasteiger partial charge in [-0.05, 0) is 42.8 Å². The van der Waals surface area contributed by atoms with Gasteiger partial charge in [-0.2, -0.15) is 0 Å². The molecule has 0 aliphatic heterocycles. The molecule has 84 valence electrons. The van der Waals surface area contributed by atoms with Gasteiger partial charge in [-0.15, -0.1) is 22.9 Å². The van der Waals surface area contributed by atoms with Crippen LogP contribution < -0.4 is 5.32 Å². The third-order valence-electron chi connectivity index (χ3n) is 2.26. The molecule has 1 unspecified atom stereocenters. The molecule has 1 amide bonds. The molecule has 0 fully saturated rings. The first-order valence-corrected chi connectivity index (χ1v) is 6.64. The predicted molar refractivity (Wildman–Crippen MR) is 68.9 cm³/mol. The predicted octanol–water partition coefficient (Wildman–Crippen LogP) is 3.65. The summed E-state index contributed by atoms with van der Waals surface area (Å²) in [6, 6.07) is 1.80. The molecule has 1 rings (SSSR count). The molecule has 1 heterocycles. The second kappa shape index (κ2) is 4.85. The third-order valence-corrected chi connectivity index (χ3v) is 4.31. The Kier molecular flexibility index (Phi) is 4.20. The molecular weight excluding hydrogens is 298 g/mol. The number of carbonyl (C=O) groups excluding carboxylic acids is 1. The van der Waals surface area contributed by atoms with Crippen molar-refractivity contribution in [2.24, 2.45) is 0 Å². The minimum absolute atomic E-state index is 0.0885. The monoisotopic (exact) mass is 309 g/mol. The van der Waals surface area contributed by atoms with Crippen molar-refractivity contribution in [1.29, 1.82) is 0 Å². The van der Waals surface area contributed by atoms with E-state index in [-0.39, 0.29) is 11.3 Å². The van der Waals surface area contributed by atoms with Gasteiger partial charge >= 0.3 is 0 Å². The van der Waals surface area contributed by atoms with E-state index in [9.17, 15) is 4.79 Å². The maximum atomic E-state index is 11.8. The Morgan fingerprint density at radius 2 is 2.27 bits per heavy atom. The highest BCUT2D eigenvalue weighted by atomic mass is 79.9. The molecule has 0 bridgehead atoms. The molecular formula is C10H13BrClNOS. The first kappa shape index (κ1) is 13.0. The van der Waals surface area contributed by atoms with Crippen LogP contribution >= 0.6 is 38.9 Å². The minimum Gasteiger partial charge on any atom is -0.346 e. The highest BCUT2D eigenvalue weighted by molar-refractivity contribution is 9.11. The fraction of sp³-hybridized carbons (Fsp3) is 0.500. The first-order valence-electron chi connectivity index (χ1n) is 4.53. The van der Waals surface area contributed by atoms with Gasteiger partial charge < -0.3 is 5.32 Å². The van der Waals surface area contributed by atoms with Crippen molar-refractivity contribution < 1.29 is 4.79 Å². The Bertz CT molecular complexity index is 362. The lowest BCUT2D eigenvalue weighted by atomic mass is 10.0. The van der Waals surface area contributed by atoms with E-state index in [0.29, 0.717) is 5.56 Å². The van der Waals surface area contributed by atoms with E-state index in [2.05, 4.69) is 21.2 Å². The van der Waals surface area contributed by atoms with Crippen LogP contribution in [-0.4, -0.2) is 16.8 Å². The number of hydrogen-bond acceptors (Lipinski definition) is 2. The third kappa shape index (κ3) is 3.47. The van der Waals surface area contributed by atoms with Crippen LogP contribution in [0, 0.1) is 0 Å². The van der Waals surface area contributed by atoms with Gasteiger partial charge in [0.05, 0.1) is 20.3 Å². The molecule has 15 heavy (non-hydrogen) atoms. The Labute approximate surface area is 107 Å². The van der Waals surface area contributed by atoms with Crippen molar-refractivity contribution in [2.75, 3.05) is 0 Å². The Morgan fingerprint density at radius 1 is 1.67 bits per heavy atom. The van der Waals surface area contributed by atoms with Crippen LogP contribution in [0.4, 0.5) is 0 Å². The molecule has 1 N–H and O–H groups in total. The second-order valence-electron chi connectivity index (χ2n) is 3.93. The summed E-state index contributed by atoms with van der Waals surface area (Å²) in [4.78, 5) is 11.8. The molecule has 0 spiro atoms. The summed E-state index contributed by atoms with van der Waals surface area (Å²) in [5, 5.41) is 4.59. The Balaban J connectivity index is 2.72. The number of halogens is 2. The molecule has 5 heteroatoms.